The second-order valence-corrected chi connectivity index (χ2v) is 5.02. The minimum atomic E-state index is -1.05. The van der Waals surface area contributed by atoms with Crippen LogP contribution in [0.25, 0.3) is 10.8 Å². The van der Waals surface area contributed by atoms with Crippen LogP contribution in [-0.2, 0) is 4.79 Å². The third-order valence-electron chi connectivity index (χ3n) is 3.43. The average molecular weight is 295 g/mol. The molecule has 1 amide bonds. The maximum atomic E-state index is 12.2. The maximum Gasteiger partial charge on any atom is 0.326 e. The van der Waals surface area contributed by atoms with Crippen LogP contribution in [0, 0.1) is 12.3 Å². The molecule has 4 heteroatoms. The molecule has 112 valence electrons. The lowest BCUT2D eigenvalue weighted by atomic mass is 10.1. The zero-order valence-electron chi connectivity index (χ0n) is 12.1. The molecule has 1 atom stereocenters. The largest absolute Gasteiger partial charge is 0.480 e. The molecule has 22 heavy (non-hydrogen) atoms. The van der Waals surface area contributed by atoms with E-state index in [0.29, 0.717) is 24.8 Å². The molecule has 0 unspecified atom stereocenters. The van der Waals surface area contributed by atoms with E-state index in [1.165, 1.54) is 0 Å². The van der Waals surface area contributed by atoms with Crippen LogP contribution >= 0.6 is 0 Å². The van der Waals surface area contributed by atoms with Gasteiger partial charge < -0.3 is 10.4 Å². The molecular weight excluding hydrogens is 278 g/mol. The van der Waals surface area contributed by atoms with E-state index in [9.17, 15) is 14.7 Å². The number of carbonyl (C=O) groups is 2. The summed E-state index contributed by atoms with van der Waals surface area (Å²) in [6.45, 7) is 0. The number of hydrogen-bond acceptors (Lipinski definition) is 2. The molecule has 0 spiro atoms. The summed E-state index contributed by atoms with van der Waals surface area (Å²) in [5, 5.41) is 13.7. The molecule has 2 N–H and O–H groups in total. The average Bonchev–Trinajstić information content (AvgIpc) is 2.53. The van der Waals surface area contributed by atoms with Crippen molar-refractivity contribution >= 4 is 22.6 Å². The van der Waals surface area contributed by atoms with E-state index < -0.39 is 12.0 Å². The second-order valence-electron chi connectivity index (χ2n) is 5.02. The molecule has 2 aromatic rings. The predicted octanol–water partition coefficient (Wildman–Crippen LogP) is 2.83. The molecule has 0 radical (unpaired) electrons. The first-order valence-electron chi connectivity index (χ1n) is 7.08. The molecule has 2 aromatic carbocycles. The van der Waals surface area contributed by atoms with Gasteiger partial charge in [-0.15, -0.1) is 12.3 Å². The monoisotopic (exact) mass is 295 g/mol. The maximum absolute atomic E-state index is 12.2. The molecule has 0 fully saturated rings. The summed E-state index contributed by atoms with van der Waals surface area (Å²) in [5.41, 5.74) is 0.446. The number of aliphatic carboxylic acids is 1. The van der Waals surface area contributed by atoms with Crippen molar-refractivity contribution in [3.8, 4) is 12.3 Å². The number of carboxylic acid groups (broad SMARTS) is 1. The number of rotatable bonds is 6. The molecule has 0 aliphatic rings. The van der Waals surface area contributed by atoms with Gasteiger partial charge in [-0.05, 0) is 35.7 Å². The summed E-state index contributed by atoms with van der Waals surface area (Å²) in [6, 6.07) is 12.1. The van der Waals surface area contributed by atoms with Crippen LogP contribution in [0.5, 0.6) is 0 Å². The normalized spacial score (nSPS) is 11.6. The molecule has 0 saturated heterocycles. The van der Waals surface area contributed by atoms with E-state index >= 15 is 0 Å². The van der Waals surface area contributed by atoms with E-state index in [1.54, 1.807) is 12.1 Å². The van der Waals surface area contributed by atoms with E-state index in [4.69, 9.17) is 6.42 Å². The first-order valence-corrected chi connectivity index (χ1v) is 7.08. The van der Waals surface area contributed by atoms with Gasteiger partial charge >= 0.3 is 5.97 Å². The van der Waals surface area contributed by atoms with Crippen molar-refractivity contribution in [2.75, 3.05) is 0 Å². The van der Waals surface area contributed by atoms with Crippen molar-refractivity contribution in [3.05, 3.63) is 48.0 Å². The van der Waals surface area contributed by atoms with Crippen LogP contribution in [0.2, 0.25) is 0 Å². The molecule has 2 rings (SSSR count). The zero-order chi connectivity index (χ0) is 15.9. The second kappa shape index (κ2) is 7.28. The summed E-state index contributed by atoms with van der Waals surface area (Å²) in [6.07, 6.45) is 6.53. The number of nitrogens with one attached hydrogen (secondary N) is 1. The lowest BCUT2D eigenvalue weighted by molar-refractivity contribution is -0.139. The minimum Gasteiger partial charge on any atom is -0.480 e. The Morgan fingerprint density at radius 2 is 1.91 bits per heavy atom. The highest BCUT2D eigenvalue weighted by Gasteiger charge is 2.20. The number of fused-ring (bicyclic) bond motifs is 1. The Balaban J connectivity index is 2.11. The number of carbonyl (C=O) groups excluding carboxylic acids is 1. The highest BCUT2D eigenvalue weighted by molar-refractivity contribution is 6.00. The number of unbranched alkanes of at least 4 members (excludes halogenated alkanes) is 1. The lowest BCUT2D eigenvalue weighted by Crippen LogP contribution is -2.40. The molecule has 0 aromatic heterocycles. The van der Waals surface area contributed by atoms with Crippen molar-refractivity contribution in [3.63, 3.8) is 0 Å². The number of amides is 1. The summed E-state index contributed by atoms with van der Waals surface area (Å²) in [4.78, 5) is 23.4. The number of hydrogen-bond donors (Lipinski definition) is 2. The van der Waals surface area contributed by atoms with E-state index in [1.807, 2.05) is 30.3 Å². The quantitative estimate of drug-likeness (QED) is 0.636. The van der Waals surface area contributed by atoms with Gasteiger partial charge in [0.25, 0.3) is 5.91 Å². The van der Waals surface area contributed by atoms with Crippen LogP contribution in [0.3, 0.4) is 0 Å². The fraction of sp³-hybridized carbons (Fsp3) is 0.222. The minimum absolute atomic E-state index is 0.318. The van der Waals surface area contributed by atoms with Gasteiger partial charge in [0, 0.05) is 12.0 Å². The summed E-state index contributed by atoms with van der Waals surface area (Å²) in [5.74, 6) is 1.02. The van der Waals surface area contributed by atoms with Gasteiger partial charge in [-0.25, -0.2) is 4.79 Å². The Bertz CT molecular complexity index is 730. The van der Waals surface area contributed by atoms with Crippen molar-refractivity contribution in [1.29, 1.82) is 0 Å². The molecule has 0 saturated carbocycles. The Labute approximate surface area is 129 Å². The smallest absolute Gasteiger partial charge is 0.326 e. The molecule has 0 aliphatic heterocycles. The van der Waals surface area contributed by atoms with Crippen LogP contribution in [0.15, 0.2) is 42.5 Å². The van der Waals surface area contributed by atoms with Crippen LogP contribution in [0.4, 0.5) is 0 Å². The number of benzene rings is 2. The standard InChI is InChI=1S/C18H17NO3/c1-2-3-4-9-16(18(21)22)19-17(20)15-11-10-13-7-5-6-8-14(13)12-15/h1,5-8,10-12,16H,3-4,9H2,(H,19,20)(H,21,22)/t16-/m0/s1. The number of carboxylic acids is 1. The summed E-state index contributed by atoms with van der Waals surface area (Å²) < 4.78 is 0. The third kappa shape index (κ3) is 3.86. The van der Waals surface area contributed by atoms with Gasteiger partial charge in [0.2, 0.25) is 0 Å². The van der Waals surface area contributed by atoms with Crippen molar-refractivity contribution in [2.24, 2.45) is 0 Å². The van der Waals surface area contributed by atoms with Crippen molar-refractivity contribution in [2.45, 2.75) is 25.3 Å². The Morgan fingerprint density at radius 3 is 2.59 bits per heavy atom. The van der Waals surface area contributed by atoms with E-state index in [-0.39, 0.29) is 5.91 Å². The third-order valence-corrected chi connectivity index (χ3v) is 3.43. The number of terminal acetylenes is 1. The summed E-state index contributed by atoms with van der Waals surface area (Å²) in [7, 11) is 0. The van der Waals surface area contributed by atoms with Gasteiger partial charge in [-0.3, -0.25) is 4.79 Å². The Kier molecular flexibility index (Phi) is 5.16. The van der Waals surface area contributed by atoms with Gasteiger partial charge in [0.15, 0.2) is 0 Å². The SMILES string of the molecule is C#CCCC[C@H](NC(=O)c1ccc2ccccc2c1)C(=O)O. The molecule has 0 heterocycles. The van der Waals surface area contributed by atoms with Crippen molar-refractivity contribution < 1.29 is 14.7 Å². The van der Waals surface area contributed by atoms with Gasteiger partial charge in [-0.1, -0.05) is 30.3 Å². The van der Waals surface area contributed by atoms with Gasteiger partial charge in [0.1, 0.15) is 6.04 Å². The lowest BCUT2D eigenvalue weighted by Gasteiger charge is -2.14. The first kappa shape index (κ1) is 15.6. The fourth-order valence-electron chi connectivity index (χ4n) is 2.24. The van der Waals surface area contributed by atoms with Crippen LogP contribution < -0.4 is 5.32 Å². The Hall–Kier alpha value is -2.80. The molecule has 0 bridgehead atoms. The van der Waals surface area contributed by atoms with Crippen molar-refractivity contribution in [1.82, 2.24) is 5.32 Å². The Morgan fingerprint density at radius 1 is 1.18 bits per heavy atom. The summed E-state index contributed by atoms with van der Waals surface area (Å²) >= 11 is 0. The van der Waals surface area contributed by atoms with Gasteiger partial charge in [0.05, 0.1) is 0 Å². The zero-order valence-corrected chi connectivity index (χ0v) is 12.1. The topological polar surface area (TPSA) is 66.4 Å². The predicted molar refractivity (Wildman–Crippen MR) is 85.5 cm³/mol. The van der Waals surface area contributed by atoms with E-state index in [2.05, 4.69) is 11.2 Å². The van der Waals surface area contributed by atoms with Gasteiger partial charge in [-0.2, -0.15) is 0 Å². The molecule has 4 nitrogen and oxygen atoms in total. The van der Waals surface area contributed by atoms with Crippen LogP contribution in [-0.4, -0.2) is 23.0 Å². The highest BCUT2D eigenvalue weighted by Crippen LogP contribution is 2.16. The highest BCUT2D eigenvalue weighted by atomic mass is 16.4. The van der Waals surface area contributed by atoms with Crippen LogP contribution in [0.1, 0.15) is 29.6 Å². The molecule has 0 aliphatic carbocycles. The van der Waals surface area contributed by atoms with E-state index in [0.717, 1.165) is 10.8 Å². The fourth-order valence-corrected chi connectivity index (χ4v) is 2.24. The first-order chi connectivity index (χ1) is 10.6. The molecular formula is C18H17NO3.